The third-order valence-electron chi connectivity index (χ3n) is 4.73. The highest BCUT2D eigenvalue weighted by Gasteiger charge is 2.38. The van der Waals surface area contributed by atoms with E-state index in [1.54, 1.807) is 7.05 Å². The number of nitrogens with zero attached hydrogens (tertiary/aromatic N) is 3. The molecule has 6 nitrogen and oxygen atoms in total. The first kappa shape index (κ1) is 16.5. The van der Waals surface area contributed by atoms with E-state index in [0.29, 0.717) is 6.54 Å². The molecule has 2 heterocycles. The van der Waals surface area contributed by atoms with Gasteiger partial charge in [0, 0.05) is 13.6 Å². The lowest BCUT2D eigenvalue weighted by Crippen LogP contribution is -2.43. The van der Waals surface area contributed by atoms with Gasteiger partial charge in [0.1, 0.15) is 13.1 Å². The van der Waals surface area contributed by atoms with Crippen molar-refractivity contribution < 1.29 is 14.4 Å². The van der Waals surface area contributed by atoms with Gasteiger partial charge in [0.05, 0.1) is 6.04 Å². The van der Waals surface area contributed by atoms with Crippen LogP contribution in [-0.2, 0) is 9.59 Å². The number of imide groups is 1. The highest BCUT2D eigenvalue weighted by atomic mass is 16.2. The second-order valence-electron chi connectivity index (χ2n) is 6.78. The van der Waals surface area contributed by atoms with E-state index in [1.165, 1.54) is 16.0 Å². The van der Waals surface area contributed by atoms with E-state index in [-0.39, 0.29) is 30.9 Å². The lowest BCUT2D eigenvalue weighted by atomic mass is 9.99. The van der Waals surface area contributed by atoms with E-state index in [9.17, 15) is 14.4 Å². The van der Waals surface area contributed by atoms with Crippen molar-refractivity contribution in [1.82, 2.24) is 14.7 Å². The van der Waals surface area contributed by atoms with Crippen LogP contribution in [0, 0.1) is 13.8 Å². The molecule has 4 amide bonds. The summed E-state index contributed by atoms with van der Waals surface area (Å²) < 4.78 is 0. The minimum atomic E-state index is -0.393. The Kier molecular flexibility index (Phi) is 4.30. The number of carbonyl (C=O) groups is 3. The van der Waals surface area contributed by atoms with Gasteiger partial charge in [-0.2, -0.15) is 0 Å². The molecule has 2 fully saturated rings. The number of rotatable bonds is 3. The molecule has 3 rings (SSSR count). The highest BCUT2D eigenvalue weighted by molar-refractivity contribution is 6.04. The molecule has 1 unspecified atom stereocenters. The fraction of sp³-hybridized carbons (Fsp3) is 0.500. The van der Waals surface area contributed by atoms with E-state index in [0.717, 1.165) is 23.3 Å². The van der Waals surface area contributed by atoms with Gasteiger partial charge in [-0.1, -0.05) is 29.3 Å². The summed E-state index contributed by atoms with van der Waals surface area (Å²) >= 11 is 0. The number of benzene rings is 1. The van der Waals surface area contributed by atoms with Crippen LogP contribution in [-0.4, -0.2) is 59.2 Å². The molecule has 128 valence electrons. The molecule has 2 aliphatic rings. The molecule has 0 saturated carbocycles. The van der Waals surface area contributed by atoms with Crippen LogP contribution in [0.25, 0.3) is 0 Å². The number of amides is 4. The van der Waals surface area contributed by atoms with Gasteiger partial charge in [0.25, 0.3) is 5.91 Å². The molecule has 0 bridgehead atoms. The summed E-state index contributed by atoms with van der Waals surface area (Å²) in [4.78, 5) is 40.8. The van der Waals surface area contributed by atoms with E-state index in [1.807, 2.05) is 4.90 Å². The first-order valence-electron chi connectivity index (χ1n) is 8.30. The molecule has 0 aromatic heterocycles. The van der Waals surface area contributed by atoms with E-state index >= 15 is 0 Å². The van der Waals surface area contributed by atoms with Gasteiger partial charge in [0.15, 0.2) is 0 Å². The molecule has 0 aliphatic carbocycles. The van der Waals surface area contributed by atoms with E-state index < -0.39 is 6.03 Å². The van der Waals surface area contributed by atoms with Gasteiger partial charge >= 0.3 is 6.03 Å². The molecule has 1 atom stereocenters. The molecule has 1 aromatic carbocycles. The first-order valence-corrected chi connectivity index (χ1v) is 8.30. The van der Waals surface area contributed by atoms with Gasteiger partial charge in [0.2, 0.25) is 5.91 Å². The highest BCUT2D eigenvalue weighted by Crippen LogP contribution is 2.33. The quantitative estimate of drug-likeness (QED) is 0.795. The number of carbonyl (C=O) groups excluding carboxylic acids is 3. The Morgan fingerprint density at radius 2 is 1.83 bits per heavy atom. The third-order valence-corrected chi connectivity index (χ3v) is 4.73. The van der Waals surface area contributed by atoms with Crippen molar-refractivity contribution in [1.29, 1.82) is 0 Å². The number of likely N-dealkylation sites (tertiary alicyclic amines) is 1. The predicted molar refractivity (Wildman–Crippen MR) is 89.3 cm³/mol. The molecule has 0 radical (unpaired) electrons. The number of likely N-dealkylation sites (N-methyl/N-ethyl adjacent to an activating group) is 1. The average Bonchev–Trinajstić information content (AvgIpc) is 3.07. The summed E-state index contributed by atoms with van der Waals surface area (Å²) in [6.07, 6.45) is 1.85. The van der Waals surface area contributed by atoms with E-state index in [2.05, 4.69) is 32.0 Å². The smallest absolute Gasteiger partial charge is 0.327 e. The monoisotopic (exact) mass is 329 g/mol. The standard InChI is InChI=1S/C18H23N3O3/c1-12-7-13(2)9-14(8-12)15-5-4-6-20(15)17(23)11-21-16(22)10-19(3)18(21)24/h7-9,15H,4-6,10-11H2,1-3H3. The Labute approximate surface area is 142 Å². The van der Waals surface area contributed by atoms with Crippen molar-refractivity contribution in [2.75, 3.05) is 26.7 Å². The fourth-order valence-electron chi connectivity index (χ4n) is 3.66. The fourth-order valence-corrected chi connectivity index (χ4v) is 3.66. The summed E-state index contributed by atoms with van der Waals surface area (Å²) in [5.41, 5.74) is 3.49. The topological polar surface area (TPSA) is 60.9 Å². The van der Waals surface area contributed by atoms with Crippen LogP contribution in [0.3, 0.4) is 0 Å². The minimum absolute atomic E-state index is 0.0293. The molecule has 0 spiro atoms. The number of urea groups is 1. The normalized spacial score (nSPS) is 21.1. The minimum Gasteiger partial charge on any atom is -0.334 e. The van der Waals surface area contributed by atoms with Crippen molar-refractivity contribution in [2.45, 2.75) is 32.7 Å². The largest absolute Gasteiger partial charge is 0.334 e. The number of hydrogen-bond acceptors (Lipinski definition) is 3. The van der Waals surface area contributed by atoms with Crippen molar-refractivity contribution in [3.05, 3.63) is 34.9 Å². The zero-order valence-corrected chi connectivity index (χ0v) is 14.4. The molecular weight excluding hydrogens is 306 g/mol. The van der Waals surface area contributed by atoms with Crippen molar-refractivity contribution in [3.63, 3.8) is 0 Å². The second kappa shape index (κ2) is 6.26. The van der Waals surface area contributed by atoms with Gasteiger partial charge in [-0.15, -0.1) is 0 Å². The van der Waals surface area contributed by atoms with Crippen molar-refractivity contribution in [3.8, 4) is 0 Å². The summed E-state index contributed by atoms with van der Waals surface area (Å²) in [5, 5.41) is 0. The Morgan fingerprint density at radius 3 is 2.42 bits per heavy atom. The molecule has 1 aromatic rings. The summed E-state index contributed by atoms with van der Waals surface area (Å²) in [6.45, 7) is 4.66. The Bertz CT molecular complexity index is 680. The van der Waals surface area contributed by atoms with Crippen LogP contribution in [0.2, 0.25) is 0 Å². The van der Waals surface area contributed by atoms with Crippen molar-refractivity contribution in [2.24, 2.45) is 0 Å². The van der Waals surface area contributed by atoms with Crippen LogP contribution in [0.1, 0.15) is 35.6 Å². The Morgan fingerprint density at radius 1 is 1.17 bits per heavy atom. The molecule has 6 heteroatoms. The maximum Gasteiger partial charge on any atom is 0.327 e. The molecule has 2 aliphatic heterocycles. The Hall–Kier alpha value is -2.37. The zero-order valence-electron chi connectivity index (χ0n) is 14.4. The molecule has 2 saturated heterocycles. The summed E-state index contributed by atoms with van der Waals surface area (Å²) in [5.74, 6) is -0.466. The molecule has 24 heavy (non-hydrogen) atoms. The zero-order chi connectivity index (χ0) is 17.4. The lowest BCUT2D eigenvalue weighted by Gasteiger charge is -2.27. The van der Waals surface area contributed by atoms with Crippen LogP contribution in [0.5, 0.6) is 0 Å². The predicted octanol–water partition coefficient (Wildman–Crippen LogP) is 1.86. The average molecular weight is 329 g/mol. The SMILES string of the molecule is Cc1cc(C)cc(C2CCCN2C(=O)CN2C(=O)CN(C)C2=O)c1. The van der Waals surface area contributed by atoms with Crippen LogP contribution in [0.15, 0.2) is 18.2 Å². The number of hydrogen-bond donors (Lipinski definition) is 0. The van der Waals surface area contributed by atoms with Crippen LogP contribution >= 0.6 is 0 Å². The molecule has 0 N–H and O–H groups in total. The van der Waals surface area contributed by atoms with Gasteiger partial charge < -0.3 is 9.80 Å². The summed E-state index contributed by atoms with van der Waals surface area (Å²) in [7, 11) is 1.57. The third kappa shape index (κ3) is 3.00. The molecular formula is C18H23N3O3. The van der Waals surface area contributed by atoms with Crippen LogP contribution in [0.4, 0.5) is 4.79 Å². The van der Waals surface area contributed by atoms with E-state index in [4.69, 9.17) is 0 Å². The summed E-state index contributed by atoms with van der Waals surface area (Å²) in [6, 6.07) is 5.98. The maximum atomic E-state index is 12.7. The van der Waals surface area contributed by atoms with Crippen molar-refractivity contribution >= 4 is 17.8 Å². The second-order valence-corrected chi connectivity index (χ2v) is 6.78. The Balaban J connectivity index is 1.76. The van der Waals surface area contributed by atoms with Gasteiger partial charge in [-0.05, 0) is 32.3 Å². The van der Waals surface area contributed by atoms with Gasteiger partial charge in [-0.25, -0.2) is 4.79 Å². The number of aryl methyl sites for hydroxylation is 2. The van der Waals surface area contributed by atoms with Crippen LogP contribution < -0.4 is 0 Å². The maximum absolute atomic E-state index is 12.7. The first-order chi connectivity index (χ1) is 11.4. The lowest BCUT2D eigenvalue weighted by molar-refractivity contribution is -0.137. The van der Waals surface area contributed by atoms with Gasteiger partial charge in [-0.3, -0.25) is 14.5 Å².